The molecule has 94 valence electrons. The third-order valence-electron chi connectivity index (χ3n) is 2.70. The van der Waals surface area contributed by atoms with Crippen LogP contribution in [0, 0.1) is 13.8 Å². The second-order valence-corrected chi connectivity index (χ2v) is 4.26. The molecule has 0 spiro atoms. The molecule has 4 heteroatoms. The first kappa shape index (κ1) is 12.4. The van der Waals surface area contributed by atoms with Crippen LogP contribution in [0.5, 0.6) is 0 Å². The third-order valence-corrected chi connectivity index (χ3v) is 2.70. The van der Waals surface area contributed by atoms with E-state index in [2.05, 4.69) is 4.98 Å². The molecule has 0 saturated heterocycles. The highest BCUT2D eigenvalue weighted by molar-refractivity contribution is 5.68. The zero-order valence-electron chi connectivity index (χ0n) is 10.4. The second kappa shape index (κ2) is 5.04. The Morgan fingerprint density at radius 2 is 1.94 bits per heavy atom. The van der Waals surface area contributed by atoms with E-state index in [1.807, 2.05) is 31.2 Å². The fourth-order valence-electron chi connectivity index (χ4n) is 1.80. The Bertz CT molecular complexity index is 555. The van der Waals surface area contributed by atoms with Crippen LogP contribution in [-0.4, -0.2) is 16.1 Å². The van der Waals surface area contributed by atoms with E-state index in [1.54, 1.807) is 6.92 Å². The summed E-state index contributed by atoms with van der Waals surface area (Å²) in [5, 5.41) is 8.72. The minimum atomic E-state index is -0.834. The van der Waals surface area contributed by atoms with E-state index in [0.29, 0.717) is 18.1 Å². The van der Waals surface area contributed by atoms with E-state index >= 15 is 0 Å². The second-order valence-electron chi connectivity index (χ2n) is 4.26. The molecule has 2 rings (SSSR count). The van der Waals surface area contributed by atoms with Gasteiger partial charge in [-0.15, -0.1) is 0 Å². The Labute approximate surface area is 105 Å². The maximum Gasteiger partial charge on any atom is 0.303 e. The fraction of sp³-hybridized carbons (Fsp3) is 0.286. The molecule has 0 fully saturated rings. The average molecular weight is 245 g/mol. The molecule has 1 heterocycles. The van der Waals surface area contributed by atoms with Crippen LogP contribution >= 0.6 is 0 Å². The normalized spacial score (nSPS) is 10.6. The quantitative estimate of drug-likeness (QED) is 0.899. The highest BCUT2D eigenvalue weighted by atomic mass is 16.4. The average Bonchev–Trinajstić information content (AvgIpc) is 2.69. The minimum Gasteiger partial charge on any atom is -0.481 e. The van der Waals surface area contributed by atoms with Crippen molar-refractivity contribution >= 4 is 5.97 Å². The molecule has 0 amide bonds. The van der Waals surface area contributed by atoms with Gasteiger partial charge in [-0.1, -0.05) is 29.8 Å². The molecular formula is C14H15NO3. The van der Waals surface area contributed by atoms with Crippen LogP contribution in [-0.2, 0) is 11.2 Å². The van der Waals surface area contributed by atoms with Gasteiger partial charge in [0.1, 0.15) is 11.5 Å². The number of carboxylic acids is 1. The number of hydrogen-bond acceptors (Lipinski definition) is 3. The molecule has 0 atom stereocenters. The number of aromatic nitrogens is 1. The summed E-state index contributed by atoms with van der Waals surface area (Å²) >= 11 is 0. The summed E-state index contributed by atoms with van der Waals surface area (Å²) in [4.78, 5) is 14.9. The molecule has 0 aliphatic heterocycles. The number of aliphatic carboxylic acids is 1. The molecule has 2 aromatic rings. The van der Waals surface area contributed by atoms with E-state index in [-0.39, 0.29) is 6.42 Å². The predicted molar refractivity (Wildman–Crippen MR) is 67.4 cm³/mol. The number of oxazole rings is 1. The van der Waals surface area contributed by atoms with Gasteiger partial charge in [0, 0.05) is 18.9 Å². The van der Waals surface area contributed by atoms with Crippen LogP contribution in [0.1, 0.15) is 23.6 Å². The Morgan fingerprint density at radius 3 is 2.56 bits per heavy atom. The summed E-state index contributed by atoms with van der Waals surface area (Å²) in [5.74, 6) is 0.364. The van der Waals surface area contributed by atoms with E-state index in [1.165, 1.54) is 5.56 Å². The van der Waals surface area contributed by atoms with Gasteiger partial charge in [0.15, 0.2) is 5.89 Å². The molecule has 0 bridgehead atoms. The lowest BCUT2D eigenvalue weighted by atomic mass is 10.1. The molecule has 18 heavy (non-hydrogen) atoms. The van der Waals surface area contributed by atoms with Gasteiger partial charge >= 0.3 is 5.97 Å². The molecule has 0 aliphatic rings. The predicted octanol–water partition coefficient (Wildman–Crippen LogP) is 2.98. The summed E-state index contributed by atoms with van der Waals surface area (Å²) < 4.78 is 5.48. The molecule has 1 aromatic heterocycles. The van der Waals surface area contributed by atoms with Crippen LogP contribution < -0.4 is 0 Å². The summed E-state index contributed by atoms with van der Waals surface area (Å²) in [5.41, 5.74) is 2.87. The molecule has 1 aromatic carbocycles. The summed E-state index contributed by atoms with van der Waals surface area (Å²) in [6, 6.07) is 7.94. The van der Waals surface area contributed by atoms with E-state index in [4.69, 9.17) is 9.52 Å². The van der Waals surface area contributed by atoms with Gasteiger partial charge in [-0.05, 0) is 6.92 Å². The first-order chi connectivity index (χ1) is 8.56. The van der Waals surface area contributed by atoms with Crippen molar-refractivity contribution < 1.29 is 14.3 Å². The fourth-order valence-corrected chi connectivity index (χ4v) is 1.80. The van der Waals surface area contributed by atoms with Crippen LogP contribution in [0.3, 0.4) is 0 Å². The van der Waals surface area contributed by atoms with Crippen molar-refractivity contribution in [2.75, 3.05) is 0 Å². The zero-order chi connectivity index (χ0) is 13.1. The molecular weight excluding hydrogens is 230 g/mol. The first-order valence-corrected chi connectivity index (χ1v) is 5.81. The summed E-state index contributed by atoms with van der Waals surface area (Å²) in [6.07, 6.45) is 0.410. The molecule has 4 nitrogen and oxygen atoms in total. The van der Waals surface area contributed by atoms with Gasteiger partial charge in [0.25, 0.3) is 0 Å². The van der Waals surface area contributed by atoms with Crippen LogP contribution in [0.4, 0.5) is 0 Å². The number of benzene rings is 1. The number of nitrogens with zero attached hydrogens (tertiary/aromatic N) is 1. The lowest BCUT2D eigenvalue weighted by molar-refractivity contribution is -0.137. The molecule has 1 N–H and O–H groups in total. The standard InChI is InChI=1S/C14H15NO3/c1-9-3-5-11(6-4-9)14-12(7-8-13(16)17)18-10(2)15-14/h3-6H,7-8H2,1-2H3,(H,16,17). The SMILES string of the molecule is Cc1ccc(-c2nc(C)oc2CCC(=O)O)cc1. The van der Waals surface area contributed by atoms with Gasteiger partial charge in [-0.3, -0.25) is 4.79 Å². The number of aryl methyl sites for hydroxylation is 3. The van der Waals surface area contributed by atoms with Gasteiger partial charge < -0.3 is 9.52 Å². The van der Waals surface area contributed by atoms with Crippen LogP contribution in [0.2, 0.25) is 0 Å². The molecule has 0 radical (unpaired) electrons. The molecule has 0 unspecified atom stereocenters. The van der Waals surface area contributed by atoms with Gasteiger partial charge in [0.2, 0.25) is 0 Å². The van der Waals surface area contributed by atoms with E-state index < -0.39 is 5.97 Å². The Kier molecular flexibility index (Phi) is 3.46. The van der Waals surface area contributed by atoms with Crippen molar-refractivity contribution in [2.24, 2.45) is 0 Å². The van der Waals surface area contributed by atoms with Crippen molar-refractivity contribution in [1.82, 2.24) is 4.98 Å². The maximum absolute atomic E-state index is 10.6. The van der Waals surface area contributed by atoms with Gasteiger partial charge in [-0.2, -0.15) is 0 Å². The Morgan fingerprint density at radius 1 is 1.28 bits per heavy atom. The number of rotatable bonds is 4. The smallest absolute Gasteiger partial charge is 0.303 e. The van der Waals surface area contributed by atoms with Crippen molar-refractivity contribution in [2.45, 2.75) is 26.7 Å². The summed E-state index contributed by atoms with van der Waals surface area (Å²) in [6.45, 7) is 3.78. The van der Waals surface area contributed by atoms with E-state index in [0.717, 1.165) is 11.3 Å². The minimum absolute atomic E-state index is 0.0491. The molecule has 0 saturated carbocycles. The third kappa shape index (κ3) is 2.77. The Balaban J connectivity index is 2.31. The lowest BCUT2D eigenvalue weighted by Gasteiger charge is -2.00. The monoisotopic (exact) mass is 245 g/mol. The number of hydrogen-bond donors (Lipinski definition) is 1. The number of carbonyl (C=O) groups is 1. The Hall–Kier alpha value is -2.10. The van der Waals surface area contributed by atoms with Crippen molar-refractivity contribution in [3.8, 4) is 11.3 Å². The maximum atomic E-state index is 10.6. The van der Waals surface area contributed by atoms with Crippen LogP contribution in [0.15, 0.2) is 28.7 Å². The highest BCUT2D eigenvalue weighted by Crippen LogP contribution is 2.25. The van der Waals surface area contributed by atoms with Gasteiger partial charge in [-0.25, -0.2) is 4.98 Å². The van der Waals surface area contributed by atoms with Gasteiger partial charge in [0.05, 0.1) is 6.42 Å². The van der Waals surface area contributed by atoms with Crippen molar-refractivity contribution in [1.29, 1.82) is 0 Å². The van der Waals surface area contributed by atoms with Crippen molar-refractivity contribution in [3.05, 3.63) is 41.5 Å². The number of carboxylic acid groups (broad SMARTS) is 1. The molecule has 0 aliphatic carbocycles. The lowest BCUT2D eigenvalue weighted by Crippen LogP contribution is -1.97. The van der Waals surface area contributed by atoms with Crippen LogP contribution in [0.25, 0.3) is 11.3 Å². The highest BCUT2D eigenvalue weighted by Gasteiger charge is 2.14. The van der Waals surface area contributed by atoms with E-state index in [9.17, 15) is 4.79 Å². The summed E-state index contributed by atoms with van der Waals surface area (Å²) in [7, 11) is 0. The zero-order valence-corrected chi connectivity index (χ0v) is 10.4. The first-order valence-electron chi connectivity index (χ1n) is 5.81. The van der Waals surface area contributed by atoms with Crippen molar-refractivity contribution in [3.63, 3.8) is 0 Å². The largest absolute Gasteiger partial charge is 0.481 e. The topological polar surface area (TPSA) is 63.3 Å².